The highest BCUT2D eigenvalue weighted by molar-refractivity contribution is 7.98. The van der Waals surface area contributed by atoms with E-state index < -0.39 is 10.0 Å². The molecule has 0 bridgehead atoms. The molecule has 0 aromatic heterocycles. The van der Waals surface area contributed by atoms with E-state index in [9.17, 15) is 13.2 Å². The van der Waals surface area contributed by atoms with Gasteiger partial charge in [-0.05, 0) is 61.1 Å². The highest BCUT2D eigenvalue weighted by Gasteiger charge is 2.32. The summed E-state index contributed by atoms with van der Waals surface area (Å²) >= 11 is 1.77. The molecule has 1 N–H and O–H groups in total. The van der Waals surface area contributed by atoms with E-state index in [4.69, 9.17) is 0 Å². The lowest BCUT2D eigenvalue weighted by atomic mass is 9.98. The van der Waals surface area contributed by atoms with Crippen LogP contribution in [0.5, 0.6) is 0 Å². The zero-order valence-electron chi connectivity index (χ0n) is 19.8. The van der Waals surface area contributed by atoms with E-state index in [1.807, 2.05) is 72.8 Å². The van der Waals surface area contributed by atoms with Crippen molar-refractivity contribution in [2.75, 3.05) is 24.2 Å². The molecule has 3 aromatic carbocycles. The number of aryl methyl sites for hydroxylation is 1. The molecule has 7 heteroatoms. The van der Waals surface area contributed by atoms with E-state index in [1.165, 1.54) is 14.8 Å². The molecule has 4 rings (SSSR count). The van der Waals surface area contributed by atoms with Gasteiger partial charge in [0.15, 0.2) is 0 Å². The molecular weight excluding hydrogens is 476 g/mol. The number of carbonyl (C=O) groups excluding carboxylic acids is 1. The topological polar surface area (TPSA) is 66.5 Å². The summed E-state index contributed by atoms with van der Waals surface area (Å²) in [6.45, 7) is 0.747. The molecule has 1 heterocycles. The Labute approximate surface area is 213 Å². The number of carbonyl (C=O) groups is 1. The molecule has 35 heavy (non-hydrogen) atoms. The van der Waals surface area contributed by atoms with Crippen molar-refractivity contribution in [3.8, 4) is 0 Å². The molecule has 1 unspecified atom stereocenters. The number of benzene rings is 3. The molecule has 1 aliphatic rings. The van der Waals surface area contributed by atoms with Gasteiger partial charge in [0, 0.05) is 29.4 Å². The van der Waals surface area contributed by atoms with Crippen LogP contribution in [0, 0.1) is 5.92 Å². The van der Waals surface area contributed by atoms with Gasteiger partial charge in [0.1, 0.15) is 0 Å². The van der Waals surface area contributed by atoms with Crippen LogP contribution in [-0.4, -0.2) is 37.5 Å². The first kappa shape index (κ1) is 25.5. The first-order valence-corrected chi connectivity index (χ1v) is 14.7. The van der Waals surface area contributed by atoms with E-state index in [0.717, 1.165) is 23.4 Å². The largest absolute Gasteiger partial charge is 0.326 e. The first-order valence-electron chi connectivity index (χ1n) is 12.1. The lowest BCUT2D eigenvalue weighted by Crippen LogP contribution is -2.44. The minimum atomic E-state index is -3.38. The summed E-state index contributed by atoms with van der Waals surface area (Å²) in [4.78, 5) is 14.1. The van der Waals surface area contributed by atoms with Gasteiger partial charge >= 0.3 is 0 Å². The van der Waals surface area contributed by atoms with Gasteiger partial charge in [-0.3, -0.25) is 4.79 Å². The van der Waals surface area contributed by atoms with E-state index in [1.54, 1.807) is 11.8 Å². The Morgan fingerprint density at radius 2 is 1.60 bits per heavy atom. The summed E-state index contributed by atoms with van der Waals surface area (Å²) < 4.78 is 27.3. The molecule has 5 nitrogen and oxygen atoms in total. The number of sulfonamides is 1. The molecule has 1 saturated heterocycles. The molecule has 1 aliphatic heterocycles. The summed E-state index contributed by atoms with van der Waals surface area (Å²) in [5.74, 6) is 0.526. The lowest BCUT2D eigenvalue weighted by Gasteiger charge is -2.31. The van der Waals surface area contributed by atoms with Crippen LogP contribution in [-0.2, 0) is 27.0 Å². The fourth-order valence-electron chi connectivity index (χ4n) is 4.25. The Hall–Kier alpha value is -2.61. The normalized spacial score (nSPS) is 16.6. The average molecular weight is 509 g/mol. The quantitative estimate of drug-likeness (QED) is 0.363. The smallest absolute Gasteiger partial charge is 0.228 e. The van der Waals surface area contributed by atoms with Gasteiger partial charge in [0.2, 0.25) is 15.9 Å². The van der Waals surface area contributed by atoms with Gasteiger partial charge in [0.25, 0.3) is 0 Å². The van der Waals surface area contributed by atoms with Crippen LogP contribution in [0.4, 0.5) is 5.69 Å². The highest BCUT2D eigenvalue weighted by Crippen LogP contribution is 2.25. The van der Waals surface area contributed by atoms with Crippen LogP contribution in [0.25, 0.3) is 0 Å². The molecule has 1 fully saturated rings. The molecule has 0 radical (unpaired) electrons. The molecule has 184 valence electrons. The van der Waals surface area contributed by atoms with E-state index >= 15 is 0 Å². The second-order valence-electron chi connectivity index (χ2n) is 8.89. The Morgan fingerprint density at radius 3 is 2.31 bits per heavy atom. The molecule has 0 spiro atoms. The Kier molecular flexibility index (Phi) is 9.01. The zero-order valence-corrected chi connectivity index (χ0v) is 21.4. The maximum atomic E-state index is 12.9. The standard InChI is InChI=1S/C28H32N2O3S2/c31-28(29-26-17-15-24(16-18-26)22-34-27-13-5-2-6-14-27)25-12-7-19-30(21-25)35(32,33)20-8-11-23-9-3-1-4-10-23/h1-6,9-10,13-18,25H,7-8,11-12,19-22H2,(H,29,31). The second kappa shape index (κ2) is 12.4. The van der Waals surface area contributed by atoms with Gasteiger partial charge < -0.3 is 5.32 Å². The van der Waals surface area contributed by atoms with Crippen molar-refractivity contribution in [3.63, 3.8) is 0 Å². The van der Waals surface area contributed by atoms with E-state index in [-0.39, 0.29) is 24.1 Å². The number of hydrogen-bond acceptors (Lipinski definition) is 4. The van der Waals surface area contributed by atoms with Gasteiger partial charge in [-0.2, -0.15) is 0 Å². The number of anilines is 1. The number of amides is 1. The first-order chi connectivity index (χ1) is 17.0. The van der Waals surface area contributed by atoms with Gasteiger partial charge in [0.05, 0.1) is 11.7 Å². The number of rotatable bonds is 10. The number of nitrogens with zero attached hydrogens (tertiary/aromatic N) is 1. The zero-order chi connectivity index (χ0) is 24.5. The third-order valence-corrected chi connectivity index (χ3v) is 9.24. The number of piperidine rings is 1. The lowest BCUT2D eigenvalue weighted by molar-refractivity contribution is -0.120. The maximum Gasteiger partial charge on any atom is 0.228 e. The van der Waals surface area contributed by atoms with Crippen LogP contribution in [0.2, 0.25) is 0 Å². The summed E-state index contributed by atoms with van der Waals surface area (Å²) in [5.41, 5.74) is 3.07. The predicted molar refractivity (Wildman–Crippen MR) is 144 cm³/mol. The minimum absolute atomic E-state index is 0.110. The van der Waals surface area contributed by atoms with Crippen molar-refractivity contribution >= 4 is 33.4 Å². The number of hydrogen-bond donors (Lipinski definition) is 1. The fourth-order valence-corrected chi connectivity index (χ4v) is 6.71. The van der Waals surface area contributed by atoms with Gasteiger partial charge in [-0.15, -0.1) is 11.8 Å². The van der Waals surface area contributed by atoms with Crippen LogP contribution >= 0.6 is 11.8 Å². The molecule has 0 saturated carbocycles. The number of thioether (sulfide) groups is 1. The Bertz CT molecular complexity index is 1180. The molecule has 1 atom stereocenters. The van der Waals surface area contributed by atoms with Crippen molar-refractivity contribution in [1.29, 1.82) is 0 Å². The Balaban J connectivity index is 1.26. The second-order valence-corrected chi connectivity index (χ2v) is 12.0. The Morgan fingerprint density at radius 1 is 0.914 bits per heavy atom. The van der Waals surface area contributed by atoms with Crippen molar-refractivity contribution < 1.29 is 13.2 Å². The van der Waals surface area contributed by atoms with Crippen LogP contribution in [0.1, 0.15) is 30.4 Å². The van der Waals surface area contributed by atoms with Gasteiger partial charge in [-0.25, -0.2) is 12.7 Å². The van der Waals surface area contributed by atoms with E-state index in [2.05, 4.69) is 17.4 Å². The van der Waals surface area contributed by atoms with Gasteiger partial charge in [-0.1, -0.05) is 60.7 Å². The molecule has 3 aromatic rings. The molecule has 0 aliphatic carbocycles. The summed E-state index contributed by atoms with van der Waals surface area (Å²) in [5, 5.41) is 2.98. The third kappa shape index (κ3) is 7.69. The molecular formula is C28H32N2O3S2. The monoisotopic (exact) mass is 508 g/mol. The van der Waals surface area contributed by atoms with Crippen molar-refractivity contribution in [3.05, 3.63) is 96.1 Å². The highest BCUT2D eigenvalue weighted by atomic mass is 32.2. The molecule has 1 amide bonds. The SMILES string of the molecule is O=C(Nc1ccc(CSc2ccccc2)cc1)C1CCCN(S(=O)(=O)CCCc2ccccc2)C1. The van der Waals surface area contributed by atoms with Crippen molar-refractivity contribution in [2.45, 2.75) is 36.3 Å². The average Bonchev–Trinajstić information content (AvgIpc) is 2.89. The third-order valence-electron chi connectivity index (χ3n) is 6.23. The predicted octanol–water partition coefficient (Wildman–Crippen LogP) is 5.59. The summed E-state index contributed by atoms with van der Waals surface area (Å²) in [6.07, 6.45) is 2.71. The maximum absolute atomic E-state index is 12.9. The number of nitrogens with one attached hydrogen (secondary N) is 1. The van der Waals surface area contributed by atoms with E-state index in [0.29, 0.717) is 25.8 Å². The summed E-state index contributed by atoms with van der Waals surface area (Å²) in [6, 6.07) is 28.1. The van der Waals surface area contributed by atoms with Crippen LogP contribution < -0.4 is 5.32 Å². The van der Waals surface area contributed by atoms with Crippen molar-refractivity contribution in [2.24, 2.45) is 5.92 Å². The fraction of sp³-hybridized carbons (Fsp3) is 0.321. The van der Waals surface area contributed by atoms with Crippen molar-refractivity contribution in [1.82, 2.24) is 4.31 Å². The van der Waals surface area contributed by atoms with Crippen LogP contribution in [0.15, 0.2) is 89.8 Å². The summed E-state index contributed by atoms with van der Waals surface area (Å²) in [7, 11) is -3.38. The van der Waals surface area contributed by atoms with Crippen LogP contribution in [0.3, 0.4) is 0 Å². The minimum Gasteiger partial charge on any atom is -0.326 e.